The third kappa shape index (κ3) is 4.48. The van der Waals surface area contributed by atoms with Crippen LogP contribution in [0.15, 0.2) is 18.3 Å². The molecule has 4 heteroatoms. The molecule has 0 aromatic carbocycles. The molecule has 1 saturated carbocycles. The van der Waals surface area contributed by atoms with Gasteiger partial charge in [0, 0.05) is 30.9 Å². The van der Waals surface area contributed by atoms with Crippen LogP contribution in [0, 0.1) is 0 Å². The number of nitrogens with zero attached hydrogens (tertiary/aromatic N) is 2. The Morgan fingerprint density at radius 2 is 2.11 bits per heavy atom. The predicted octanol–water partition coefficient (Wildman–Crippen LogP) is 1.93. The SMILES string of the molecule is CC(C)(C)NCc1ccc(N(CCO)C2CC2)nc1. The number of hydrogen-bond donors (Lipinski definition) is 2. The van der Waals surface area contributed by atoms with Crippen LogP contribution in [0.4, 0.5) is 5.82 Å². The van der Waals surface area contributed by atoms with Gasteiger partial charge in [0.1, 0.15) is 5.82 Å². The van der Waals surface area contributed by atoms with E-state index >= 15 is 0 Å². The smallest absolute Gasteiger partial charge is 0.128 e. The van der Waals surface area contributed by atoms with E-state index in [1.165, 1.54) is 18.4 Å². The molecule has 19 heavy (non-hydrogen) atoms. The zero-order valence-electron chi connectivity index (χ0n) is 12.2. The molecule has 1 aliphatic rings. The van der Waals surface area contributed by atoms with Crippen molar-refractivity contribution in [2.75, 3.05) is 18.1 Å². The number of aliphatic hydroxyl groups excluding tert-OH is 1. The molecule has 0 radical (unpaired) electrons. The lowest BCUT2D eigenvalue weighted by molar-refractivity contribution is 0.301. The van der Waals surface area contributed by atoms with Crippen LogP contribution in [0.25, 0.3) is 0 Å². The molecule has 0 unspecified atom stereocenters. The fraction of sp³-hybridized carbons (Fsp3) is 0.667. The van der Waals surface area contributed by atoms with Crippen molar-refractivity contribution in [1.82, 2.24) is 10.3 Å². The first-order valence-corrected chi connectivity index (χ1v) is 7.07. The topological polar surface area (TPSA) is 48.4 Å². The molecule has 1 aromatic heterocycles. The maximum atomic E-state index is 9.12. The summed E-state index contributed by atoms with van der Waals surface area (Å²) in [5.41, 5.74) is 1.31. The molecule has 0 aliphatic heterocycles. The lowest BCUT2D eigenvalue weighted by Gasteiger charge is -2.23. The van der Waals surface area contributed by atoms with Crippen molar-refractivity contribution in [3.8, 4) is 0 Å². The van der Waals surface area contributed by atoms with Gasteiger partial charge in [0.25, 0.3) is 0 Å². The van der Waals surface area contributed by atoms with Gasteiger partial charge >= 0.3 is 0 Å². The van der Waals surface area contributed by atoms with Gasteiger partial charge in [-0.15, -0.1) is 0 Å². The summed E-state index contributed by atoms with van der Waals surface area (Å²) in [4.78, 5) is 6.74. The normalized spacial score (nSPS) is 15.6. The van der Waals surface area contributed by atoms with Crippen molar-refractivity contribution < 1.29 is 5.11 Å². The van der Waals surface area contributed by atoms with Crippen LogP contribution in [0.3, 0.4) is 0 Å². The lowest BCUT2D eigenvalue weighted by atomic mass is 10.1. The Kier molecular flexibility index (Phi) is 4.42. The van der Waals surface area contributed by atoms with Crippen LogP contribution in [0.2, 0.25) is 0 Å². The van der Waals surface area contributed by atoms with Crippen LogP contribution >= 0.6 is 0 Å². The quantitative estimate of drug-likeness (QED) is 0.823. The second kappa shape index (κ2) is 5.88. The summed E-state index contributed by atoms with van der Waals surface area (Å²) in [6.45, 7) is 8.17. The number of anilines is 1. The highest BCUT2D eigenvalue weighted by Crippen LogP contribution is 2.30. The predicted molar refractivity (Wildman–Crippen MR) is 78.3 cm³/mol. The standard InChI is InChI=1S/C15H25N3O/c1-15(2,3)17-11-12-4-7-14(16-10-12)18(8-9-19)13-5-6-13/h4,7,10,13,17,19H,5-6,8-9,11H2,1-3H3. The molecule has 106 valence electrons. The number of nitrogens with one attached hydrogen (secondary N) is 1. The molecule has 1 fully saturated rings. The Morgan fingerprint density at radius 3 is 2.58 bits per heavy atom. The molecule has 1 aromatic rings. The van der Waals surface area contributed by atoms with Crippen LogP contribution in [0.5, 0.6) is 0 Å². The average Bonchev–Trinajstić information content (AvgIpc) is 3.18. The molecule has 0 amide bonds. The number of rotatable bonds is 6. The number of pyridine rings is 1. The van der Waals surface area contributed by atoms with Crippen molar-refractivity contribution in [1.29, 1.82) is 0 Å². The van der Waals surface area contributed by atoms with E-state index < -0.39 is 0 Å². The number of hydrogen-bond acceptors (Lipinski definition) is 4. The molecule has 0 spiro atoms. The summed E-state index contributed by atoms with van der Waals surface area (Å²) in [6.07, 6.45) is 4.37. The molecule has 2 N–H and O–H groups in total. The van der Waals surface area contributed by atoms with E-state index in [1.807, 2.05) is 6.20 Å². The average molecular weight is 263 g/mol. The summed E-state index contributed by atoms with van der Waals surface area (Å²) in [6, 6.07) is 4.76. The Morgan fingerprint density at radius 1 is 1.37 bits per heavy atom. The van der Waals surface area contributed by atoms with Gasteiger partial charge in [-0.25, -0.2) is 4.98 Å². The van der Waals surface area contributed by atoms with E-state index in [0.717, 1.165) is 12.4 Å². The van der Waals surface area contributed by atoms with E-state index in [1.54, 1.807) is 0 Å². The minimum atomic E-state index is 0.121. The van der Waals surface area contributed by atoms with Gasteiger partial charge in [0.2, 0.25) is 0 Å². The van der Waals surface area contributed by atoms with E-state index in [2.05, 4.69) is 48.1 Å². The van der Waals surface area contributed by atoms with Crippen molar-refractivity contribution in [2.45, 2.75) is 51.7 Å². The van der Waals surface area contributed by atoms with E-state index in [9.17, 15) is 0 Å². The maximum absolute atomic E-state index is 9.12. The molecule has 2 rings (SSSR count). The molecule has 0 atom stereocenters. The molecule has 0 saturated heterocycles. The van der Waals surface area contributed by atoms with Crippen molar-refractivity contribution >= 4 is 5.82 Å². The maximum Gasteiger partial charge on any atom is 0.128 e. The molecule has 1 heterocycles. The van der Waals surface area contributed by atoms with Crippen molar-refractivity contribution in [2.24, 2.45) is 0 Å². The zero-order chi connectivity index (χ0) is 13.9. The van der Waals surface area contributed by atoms with Gasteiger partial charge in [0.05, 0.1) is 6.61 Å². The van der Waals surface area contributed by atoms with E-state index in [0.29, 0.717) is 12.6 Å². The van der Waals surface area contributed by atoms with Gasteiger partial charge in [0.15, 0.2) is 0 Å². The number of aromatic nitrogens is 1. The van der Waals surface area contributed by atoms with Crippen LogP contribution in [0.1, 0.15) is 39.2 Å². The molecular weight excluding hydrogens is 238 g/mol. The van der Waals surface area contributed by atoms with Gasteiger partial charge in [-0.3, -0.25) is 0 Å². The highest BCUT2D eigenvalue weighted by molar-refractivity contribution is 5.42. The van der Waals surface area contributed by atoms with Crippen LogP contribution < -0.4 is 10.2 Å². The van der Waals surface area contributed by atoms with Gasteiger partial charge < -0.3 is 15.3 Å². The minimum Gasteiger partial charge on any atom is -0.395 e. The summed E-state index contributed by atoms with van der Waals surface area (Å²) in [5, 5.41) is 12.6. The Hall–Kier alpha value is -1.13. The molecule has 4 nitrogen and oxygen atoms in total. The lowest BCUT2D eigenvalue weighted by Crippen LogP contribution is -2.35. The van der Waals surface area contributed by atoms with Gasteiger partial charge in [-0.05, 0) is 45.2 Å². The van der Waals surface area contributed by atoms with Crippen LogP contribution in [-0.2, 0) is 6.54 Å². The molecule has 1 aliphatic carbocycles. The first kappa shape index (κ1) is 14.3. The Labute approximate surface area is 115 Å². The Bertz CT molecular complexity index is 393. The minimum absolute atomic E-state index is 0.121. The second-order valence-electron chi connectivity index (χ2n) is 6.28. The fourth-order valence-corrected chi connectivity index (χ4v) is 2.04. The molecular formula is C15H25N3O. The van der Waals surface area contributed by atoms with E-state index in [4.69, 9.17) is 5.11 Å². The third-order valence-electron chi connectivity index (χ3n) is 3.25. The first-order valence-electron chi connectivity index (χ1n) is 7.07. The van der Waals surface area contributed by atoms with Crippen molar-refractivity contribution in [3.05, 3.63) is 23.9 Å². The summed E-state index contributed by atoms with van der Waals surface area (Å²) in [5.74, 6) is 0.982. The summed E-state index contributed by atoms with van der Waals surface area (Å²) < 4.78 is 0. The third-order valence-corrected chi connectivity index (χ3v) is 3.25. The fourth-order valence-electron chi connectivity index (χ4n) is 2.04. The Balaban J connectivity index is 1.96. The van der Waals surface area contributed by atoms with Gasteiger partial charge in [-0.1, -0.05) is 6.07 Å². The monoisotopic (exact) mass is 263 g/mol. The highest BCUT2D eigenvalue weighted by Gasteiger charge is 2.29. The van der Waals surface area contributed by atoms with Crippen molar-refractivity contribution in [3.63, 3.8) is 0 Å². The zero-order valence-corrected chi connectivity index (χ0v) is 12.2. The summed E-state index contributed by atoms with van der Waals surface area (Å²) in [7, 11) is 0. The van der Waals surface area contributed by atoms with Gasteiger partial charge in [-0.2, -0.15) is 0 Å². The first-order chi connectivity index (χ1) is 8.99. The van der Waals surface area contributed by atoms with Crippen LogP contribution in [-0.4, -0.2) is 34.8 Å². The number of aliphatic hydroxyl groups is 1. The highest BCUT2D eigenvalue weighted by atomic mass is 16.3. The van der Waals surface area contributed by atoms with E-state index in [-0.39, 0.29) is 12.1 Å². The second-order valence-corrected chi connectivity index (χ2v) is 6.28. The largest absolute Gasteiger partial charge is 0.395 e. The molecule has 0 bridgehead atoms. The summed E-state index contributed by atoms with van der Waals surface area (Å²) >= 11 is 0.